The van der Waals surface area contributed by atoms with Crippen LogP contribution in [0.15, 0.2) is 24.4 Å². The minimum Gasteiger partial charge on any atom is -0.347 e. The predicted octanol–water partition coefficient (Wildman–Crippen LogP) is -0.0636. The molecule has 29 heavy (non-hydrogen) atoms. The molecule has 1 saturated carbocycles. The summed E-state index contributed by atoms with van der Waals surface area (Å²) in [6.45, 7) is 6.07. The summed E-state index contributed by atoms with van der Waals surface area (Å²) in [5, 5.41) is 9.86. The zero-order chi connectivity index (χ0) is 21.8. The van der Waals surface area contributed by atoms with E-state index in [0.717, 1.165) is 0 Å². The van der Waals surface area contributed by atoms with Crippen LogP contribution in [0.4, 0.5) is 0 Å². The largest absolute Gasteiger partial charge is 0.347 e. The molecule has 0 aliphatic heterocycles. The Hall–Kier alpha value is -2.97. The van der Waals surface area contributed by atoms with Crippen LogP contribution in [0, 0.1) is 11.8 Å². The summed E-state index contributed by atoms with van der Waals surface area (Å²) >= 11 is 0. The molecule has 0 heterocycles. The van der Waals surface area contributed by atoms with Gasteiger partial charge >= 0.3 is 0 Å². The second-order valence-corrected chi connectivity index (χ2v) is 6.93. The summed E-state index contributed by atoms with van der Waals surface area (Å²) in [4.78, 5) is 58.6. The smallest absolute Gasteiger partial charge is 0.243 e. The molecule has 1 aliphatic carbocycles. The van der Waals surface area contributed by atoms with Crippen molar-refractivity contribution < 1.29 is 24.0 Å². The Bertz CT molecular complexity index is 678. The zero-order valence-corrected chi connectivity index (χ0v) is 17.0. The molecule has 0 aromatic heterocycles. The second-order valence-electron chi connectivity index (χ2n) is 6.93. The summed E-state index contributed by atoms with van der Waals surface area (Å²) in [5.41, 5.74) is 0.531. The minimum atomic E-state index is -0.525. The third kappa shape index (κ3) is 9.18. The molecule has 0 radical (unpaired) electrons. The lowest BCUT2D eigenvalue weighted by atomic mass is 9.80. The van der Waals surface area contributed by atoms with E-state index in [9.17, 15) is 24.0 Å². The standard InChI is InChI=1S/C20H30N4O5/c1-4-16(5-2)24-19(28)12-22-17(26)10-21-18(27)11-23-20(29)15-8-6-14(7-9-15)13(3)25/h4-5,14-15H,1,6-12H2,2-3H3,(H,21,27)(H,22,26)(H,23,29)(H,24,28)/b16-5+. The number of carbonyl (C=O) groups is 5. The van der Waals surface area contributed by atoms with Crippen LogP contribution in [0.1, 0.15) is 39.5 Å². The quantitative estimate of drug-likeness (QED) is 0.377. The van der Waals surface area contributed by atoms with Crippen LogP contribution < -0.4 is 21.3 Å². The van der Waals surface area contributed by atoms with E-state index in [1.54, 1.807) is 19.9 Å². The summed E-state index contributed by atoms with van der Waals surface area (Å²) in [6.07, 6.45) is 5.77. The van der Waals surface area contributed by atoms with E-state index in [-0.39, 0.29) is 43.2 Å². The first-order valence-electron chi connectivity index (χ1n) is 9.67. The second kappa shape index (κ2) is 12.5. The predicted molar refractivity (Wildman–Crippen MR) is 107 cm³/mol. The van der Waals surface area contributed by atoms with Gasteiger partial charge in [0.2, 0.25) is 23.6 Å². The van der Waals surface area contributed by atoms with Crippen molar-refractivity contribution in [2.45, 2.75) is 39.5 Å². The molecule has 4 N–H and O–H groups in total. The molecule has 0 spiro atoms. The number of ketones is 1. The van der Waals surface area contributed by atoms with Crippen LogP contribution in [0.3, 0.4) is 0 Å². The van der Waals surface area contributed by atoms with E-state index < -0.39 is 17.7 Å². The van der Waals surface area contributed by atoms with Crippen molar-refractivity contribution in [2.24, 2.45) is 11.8 Å². The first-order valence-corrected chi connectivity index (χ1v) is 9.67. The molecule has 0 saturated heterocycles. The lowest BCUT2D eigenvalue weighted by Crippen LogP contribution is -2.45. The van der Waals surface area contributed by atoms with Crippen molar-refractivity contribution >= 4 is 29.4 Å². The van der Waals surface area contributed by atoms with Gasteiger partial charge in [-0.15, -0.1) is 0 Å². The van der Waals surface area contributed by atoms with E-state index in [4.69, 9.17) is 0 Å². The molecule has 0 aromatic rings. The molecule has 1 fully saturated rings. The number of carbonyl (C=O) groups excluding carboxylic acids is 5. The first kappa shape index (κ1) is 24.1. The molecule has 160 valence electrons. The average molecular weight is 406 g/mol. The fourth-order valence-electron chi connectivity index (χ4n) is 3.00. The molecule has 9 heteroatoms. The minimum absolute atomic E-state index is 0.0318. The van der Waals surface area contributed by atoms with Gasteiger partial charge in [-0.2, -0.15) is 0 Å². The Morgan fingerprint density at radius 1 is 0.828 bits per heavy atom. The Kier molecular flexibility index (Phi) is 10.4. The monoisotopic (exact) mass is 406 g/mol. The van der Waals surface area contributed by atoms with Crippen molar-refractivity contribution in [1.29, 1.82) is 0 Å². The molecule has 0 bridgehead atoms. The molecule has 1 aliphatic rings. The van der Waals surface area contributed by atoms with Gasteiger partial charge in [0.25, 0.3) is 0 Å². The Morgan fingerprint density at radius 2 is 1.31 bits per heavy atom. The maximum Gasteiger partial charge on any atom is 0.243 e. The summed E-state index contributed by atoms with van der Waals surface area (Å²) in [5.74, 6) is -1.67. The van der Waals surface area contributed by atoms with E-state index in [1.165, 1.54) is 6.08 Å². The van der Waals surface area contributed by atoms with Crippen molar-refractivity contribution in [1.82, 2.24) is 21.3 Å². The van der Waals surface area contributed by atoms with Gasteiger partial charge in [0.1, 0.15) is 5.78 Å². The van der Waals surface area contributed by atoms with Crippen molar-refractivity contribution in [2.75, 3.05) is 19.6 Å². The van der Waals surface area contributed by atoms with Gasteiger partial charge in [-0.05, 0) is 45.6 Å². The summed E-state index contributed by atoms with van der Waals surface area (Å²) in [6, 6.07) is 0. The Balaban J connectivity index is 2.20. The van der Waals surface area contributed by atoms with Crippen molar-refractivity contribution in [3.05, 3.63) is 24.4 Å². The molecular formula is C20H30N4O5. The van der Waals surface area contributed by atoms with Crippen LogP contribution in [0.2, 0.25) is 0 Å². The van der Waals surface area contributed by atoms with Gasteiger partial charge in [0.15, 0.2) is 0 Å². The molecule has 9 nitrogen and oxygen atoms in total. The van der Waals surface area contributed by atoms with Crippen LogP contribution in [-0.4, -0.2) is 49.0 Å². The lowest BCUT2D eigenvalue weighted by Gasteiger charge is -2.26. The maximum atomic E-state index is 12.1. The zero-order valence-electron chi connectivity index (χ0n) is 17.0. The SMILES string of the molecule is C=C/C(=C\C)NC(=O)CNC(=O)CNC(=O)CNC(=O)C1CCC(C(C)=O)CC1. The number of hydrogen-bond acceptors (Lipinski definition) is 5. The highest BCUT2D eigenvalue weighted by atomic mass is 16.2. The van der Waals surface area contributed by atoms with Gasteiger partial charge in [0, 0.05) is 17.5 Å². The maximum absolute atomic E-state index is 12.1. The first-order chi connectivity index (χ1) is 13.8. The normalized spacial score (nSPS) is 18.9. The summed E-state index contributed by atoms with van der Waals surface area (Å²) in [7, 11) is 0. The van der Waals surface area contributed by atoms with Gasteiger partial charge in [-0.25, -0.2) is 0 Å². The van der Waals surface area contributed by atoms with Gasteiger partial charge in [-0.3, -0.25) is 24.0 Å². The third-order valence-electron chi connectivity index (χ3n) is 4.80. The molecule has 0 atom stereocenters. The van der Waals surface area contributed by atoms with Crippen LogP contribution in [0.25, 0.3) is 0 Å². The van der Waals surface area contributed by atoms with E-state index >= 15 is 0 Å². The highest BCUT2D eigenvalue weighted by Gasteiger charge is 2.28. The topological polar surface area (TPSA) is 133 Å². The Labute approximate surface area is 170 Å². The molecule has 0 unspecified atom stereocenters. The van der Waals surface area contributed by atoms with Crippen LogP contribution in [-0.2, 0) is 24.0 Å². The van der Waals surface area contributed by atoms with Crippen molar-refractivity contribution in [3.63, 3.8) is 0 Å². The Morgan fingerprint density at radius 3 is 1.79 bits per heavy atom. The van der Waals surface area contributed by atoms with E-state index in [0.29, 0.717) is 31.4 Å². The fourth-order valence-corrected chi connectivity index (χ4v) is 3.00. The van der Waals surface area contributed by atoms with Crippen LogP contribution >= 0.6 is 0 Å². The van der Waals surface area contributed by atoms with Crippen LogP contribution in [0.5, 0.6) is 0 Å². The van der Waals surface area contributed by atoms with E-state index in [1.807, 2.05) is 0 Å². The number of amides is 4. The van der Waals surface area contributed by atoms with Gasteiger partial charge < -0.3 is 21.3 Å². The molecule has 0 aromatic carbocycles. The third-order valence-corrected chi connectivity index (χ3v) is 4.80. The van der Waals surface area contributed by atoms with E-state index in [2.05, 4.69) is 27.8 Å². The number of allylic oxidation sites excluding steroid dienone is 2. The highest BCUT2D eigenvalue weighted by molar-refractivity contribution is 5.90. The fraction of sp³-hybridized carbons (Fsp3) is 0.550. The number of nitrogens with one attached hydrogen (secondary N) is 4. The average Bonchev–Trinajstić information content (AvgIpc) is 2.72. The van der Waals surface area contributed by atoms with Gasteiger partial charge in [0.05, 0.1) is 19.6 Å². The number of hydrogen-bond donors (Lipinski definition) is 4. The van der Waals surface area contributed by atoms with Gasteiger partial charge in [-0.1, -0.05) is 12.7 Å². The molecular weight excluding hydrogens is 376 g/mol. The highest BCUT2D eigenvalue weighted by Crippen LogP contribution is 2.29. The number of rotatable bonds is 10. The van der Waals surface area contributed by atoms with Crippen molar-refractivity contribution in [3.8, 4) is 0 Å². The molecule has 4 amide bonds. The molecule has 1 rings (SSSR count). The lowest BCUT2D eigenvalue weighted by molar-refractivity contribution is -0.131. The summed E-state index contributed by atoms with van der Waals surface area (Å²) < 4.78 is 0. The number of Topliss-reactive ketones (excluding diaryl/α,β-unsaturated/α-hetero) is 1.